The number of aromatic nitrogens is 9. The summed E-state index contributed by atoms with van der Waals surface area (Å²) in [4.78, 5) is 41.6. The van der Waals surface area contributed by atoms with Gasteiger partial charge in [0.15, 0.2) is 17.5 Å². The molecule has 10 aromatic rings. The molecule has 0 unspecified atom stereocenters. The molecule has 7 aromatic heterocycles. The van der Waals surface area contributed by atoms with Crippen molar-refractivity contribution in [2.24, 2.45) is 0 Å². The number of hydrogen-bond acceptors (Lipinski definition) is 9. The average Bonchev–Trinajstić information content (AvgIpc) is 3.35. The van der Waals surface area contributed by atoms with Gasteiger partial charge in [-0.1, -0.05) is 0 Å². The van der Waals surface area contributed by atoms with Gasteiger partial charge in [-0.15, -0.1) is 0 Å². The highest BCUT2D eigenvalue weighted by atomic mass is 15.0. The van der Waals surface area contributed by atoms with Gasteiger partial charge in [0.25, 0.3) is 0 Å². The lowest BCUT2D eigenvalue weighted by molar-refractivity contribution is 1.07. The quantitative estimate of drug-likeness (QED) is 0.141. The summed E-state index contributed by atoms with van der Waals surface area (Å²) in [6.45, 7) is 0. The van der Waals surface area contributed by atoms with E-state index in [2.05, 4.69) is 84.5 Å². The topological polar surface area (TPSA) is 116 Å². The molecule has 0 saturated carbocycles. The van der Waals surface area contributed by atoms with E-state index >= 15 is 0 Å². The Morgan fingerprint density at radius 3 is 0.483 bits per heavy atom. The first-order valence-electron chi connectivity index (χ1n) is 19.4. The summed E-state index contributed by atoms with van der Waals surface area (Å²) in [6.07, 6.45) is 21.7. The molecule has 0 amide bonds. The van der Waals surface area contributed by atoms with Gasteiger partial charge in [-0.05, 0) is 194 Å². The normalized spacial score (nSPS) is 11.0. The van der Waals surface area contributed by atoms with E-state index in [0.29, 0.717) is 17.5 Å². The lowest BCUT2D eigenvalue weighted by Crippen LogP contribution is -2.01. The van der Waals surface area contributed by atoms with Crippen molar-refractivity contribution in [3.05, 3.63) is 202 Å². The van der Waals surface area contributed by atoms with Gasteiger partial charge in [0.2, 0.25) is 0 Å². The van der Waals surface area contributed by atoms with Crippen molar-refractivity contribution < 1.29 is 0 Å². The Labute approximate surface area is 346 Å². The first-order chi connectivity index (χ1) is 29.7. The highest BCUT2D eigenvalue weighted by Gasteiger charge is 2.18. The summed E-state index contributed by atoms with van der Waals surface area (Å²) < 4.78 is 0. The fourth-order valence-corrected chi connectivity index (χ4v) is 7.30. The molecular formula is C51H33N9. The van der Waals surface area contributed by atoms with Crippen molar-refractivity contribution in [3.8, 4) is 101 Å². The standard InChI is InChI=1S/C51H33N9/c1-13-52-14-2-34(1)40-25-41(35-3-15-53-16-4-35)29-46(28-40)49-58-50(47-30-42(36-5-17-54-18-6-36)26-43(31-47)37-7-19-55-20-8-37)60-51(59-49)48-32-44(38-9-21-56-22-10-38)27-45(33-48)39-11-23-57-24-12-39/h1-33H. The van der Waals surface area contributed by atoms with Crippen LogP contribution >= 0.6 is 0 Å². The molecule has 0 bridgehead atoms. The maximum absolute atomic E-state index is 5.31. The maximum Gasteiger partial charge on any atom is 0.164 e. The van der Waals surface area contributed by atoms with Crippen LogP contribution in [0.5, 0.6) is 0 Å². The minimum absolute atomic E-state index is 0.528. The summed E-state index contributed by atoms with van der Waals surface area (Å²) in [5.74, 6) is 1.59. The molecule has 0 radical (unpaired) electrons. The summed E-state index contributed by atoms with van der Waals surface area (Å²) in [7, 11) is 0. The van der Waals surface area contributed by atoms with Crippen molar-refractivity contribution in [1.29, 1.82) is 0 Å². The van der Waals surface area contributed by atoms with Crippen LogP contribution in [-0.2, 0) is 0 Å². The lowest BCUT2D eigenvalue weighted by atomic mass is 9.95. The van der Waals surface area contributed by atoms with Crippen LogP contribution in [0.1, 0.15) is 0 Å². The van der Waals surface area contributed by atoms with Crippen molar-refractivity contribution in [3.63, 3.8) is 0 Å². The lowest BCUT2D eigenvalue weighted by Gasteiger charge is -2.15. The van der Waals surface area contributed by atoms with E-state index in [4.69, 9.17) is 15.0 Å². The SMILES string of the molecule is c1cc(-c2cc(-c3ccncc3)cc(-c3nc(-c4cc(-c5ccncc5)cc(-c5ccncc5)c4)nc(-c4cc(-c5ccncc5)cc(-c5ccncc5)c4)n3)c2)ccn1. The minimum atomic E-state index is 0.528. The van der Waals surface area contributed by atoms with Gasteiger partial charge in [-0.3, -0.25) is 29.9 Å². The molecule has 0 aliphatic rings. The minimum Gasteiger partial charge on any atom is -0.265 e. The molecule has 0 aliphatic carbocycles. The zero-order chi connectivity index (χ0) is 40.1. The largest absolute Gasteiger partial charge is 0.265 e. The third-order valence-electron chi connectivity index (χ3n) is 10.3. The summed E-state index contributed by atoms with van der Waals surface area (Å²) in [6, 6.07) is 43.5. The molecule has 10 rings (SSSR count). The van der Waals surface area contributed by atoms with E-state index in [1.54, 1.807) is 74.4 Å². The van der Waals surface area contributed by atoms with E-state index in [1.165, 1.54) is 0 Å². The highest BCUT2D eigenvalue weighted by Crippen LogP contribution is 2.37. The third-order valence-corrected chi connectivity index (χ3v) is 10.3. The fraction of sp³-hybridized carbons (Fsp3) is 0. The van der Waals surface area contributed by atoms with E-state index < -0.39 is 0 Å². The van der Waals surface area contributed by atoms with Gasteiger partial charge >= 0.3 is 0 Å². The molecule has 0 spiro atoms. The first-order valence-corrected chi connectivity index (χ1v) is 19.4. The zero-order valence-electron chi connectivity index (χ0n) is 32.1. The van der Waals surface area contributed by atoms with Crippen molar-refractivity contribution in [2.75, 3.05) is 0 Å². The Morgan fingerprint density at radius 1 is 0.167 bits per heavy atom. The Bertz CT molecular complexity index is 2540. The number of pyridine rings is 6. The monoisotopic (exact) mass is 771 g/mol. The van der Waals surface area contributed by atoms with Gasteiger partial charge in [0.05, 0.1) is 0 Å². The second kappa shape index (κ2) is 16.2. The molecule has 9 heteroatoms. The maximum atomic E-state index is 5.31. The molecule has 7 heterocycles. The summed E-state index contributed by atoms with van der Waals surface area (Å²) in [5.41, 5.74) is 14.7. The molecule has 3 aromatic carbocycles. The van der Waals surface area contributed by atoms with Crippen LogP contribution in [0.2, 0.25) is 0 Å². The van der Waals surface area contributed by atoms with Crippen LogP contribution in [0.4, 0.5) is 0 Å². The summed E-state index contributed by atoms with van der Waals surface area (Å²) in [5, 5.41) is 0. The van der Waals surface area contributed by atoms with Gasteiger partial charge in [0.1, 0.15) is 0 Å². The first kappa shape index (κ1) is 35.9. The molecule has 282 valence electrons. The average molecular weight is 772 g/mol. The number of rotatable bonds is 9. The molecule has 0 aliphatic heterocycles. The summed E-state index contributed by atoms with van der Waals surface area (Å²) >= 11 is 0. The Hall–Kier alpha value is -8.43. The number of benzene rings is 3. The molecule has 0 saturated heterocycles. The predicted molar refractivity (Wildman–Crippen MR) is 236 cm³/mol. The van der Waals surface area contributed by atoms with Crippen LogP contribution in [-0.4, -0.2) is 44.9 Å². The second-order valence-electron chi connectivity index (χ2n) is 14.1. The Balaban J connectivity index is 1.24. The van der Waals surface area contributed by atoms with Gasteiger partial charge in [-0.2, -0.15) is 0 Å². The predicted octanol–water partition coefficient (Wildman–Crippen LogP) is 11.2. The van der Waals surface area contributed by atoms with E-state index in [-0.39, 0.29) is 0 Å². The van der Waals surface area contributed by atoms with Gasteiger partial charge < -0.3 is 0 Å². The van der Waals surface area contributed by atoms with E-state index in [9.17, 15) is 0 Å². The van der Waals surface area contributed by atoms with Crippen LogP contribution in [0.25, 0.3) is 101 Å². The van der Waals surface area contributed by atoms with E-state index in [0.717, 1.165) is 83.5 Å². The highest BCUT2D eigenvalue weighted by molar-refractivity contribution is 5.84. The third kappa shape index (κ3) is 7.66. The zero-order valence-corrected chi connectivity index (χ0v) is 32.1. The number of hydrogen-bond donors (Lipinski definition) is 0. The molecule has 0 atom stereocenters. The van der Waals surface area contributed by atoms with Crippen molar-refractivity contribution >= 4 is 0 Å². The smallest absolute Gasteiger partial charge is 0.164 e. The Kier molecular flexibility index (Phi) is 9.71. The number of nitrogens with zero attached hydrogens (tertiary/aromatic N) is 9. The van der Waals surface area contributed by atoms with E-state index in [1.807, 2.05) is 72.8 Å². The molecule has 60 heavy (non-hydrogen) atoms. The van der Waals surface area contributed by atoms with Crippen LogP contribution in [0.15, 0.2) is 202 Å². The molecule has 0 fully saturated rings. The van der Waals surface area contributed by atoms with Crippen LogP contribution in [0.3, 0.4) is 0 Å². The molecule has 9 nitrogen and oxygen atoms in total. The van der Waals surface area contributed by atoms with Crippen LogP contribution in [0, 0.1) is 0 Å². The fourth-order valence-electron chi connectivity index (χ4n) is 7.30. The Morgan fingerprint density at radius 2 is 0.317 bits per heavy atom. The van der Waals surface area contributed by atoms with Crippen LogP contribution < -0.4 is 0 Å². The van der Waals surface area contributed by atoms with Gasteiger partial charge in [0, 0.05) is 91.1 Å². The second-order valence-corrected chi connectivity index (χ2v) is 14.1. The molecular weight excluding hydrogens is 739 g/mol. The van der Waals surface area contributed by atoms with Gasteiger partial charge in [-0.25, -0.2) is 15.0 Å². The molecule has 0 N–H and O–H groups in total. The van der Waals surface area contributed by atoms with Crippen molar-refractivity contribution in [2.45, 2.75) is 0 Å². The van der Waals surface area contributed by atoms with Crippen molar-refractivity contribution in [1.82, 2.24) is 44.9 Å².